The molecule has 4 rings (SSSR count). The van der Waals surface area contributed by atoms with Crippen molar-refractivity contribution in [2.45, 2.75) is 0 Å². The van der Waals surface area contributed by atoms with Gasteiger partial charge in [-0.25, -0.2) is 4.68 Å². The zero-order chi connectivity index (χ0) is 16.7. The van der Waals surface area contributed by atoms with Crippen LogP contribution < -0.4 is 5.32 Å². The van der Waals surface area contributed by atoms with E-state index >= 15 is 0 Å². The lowest BCUT2D eigenvalue weighted by atomic mass is 10.1. The molecule has 1 aromatic heterocycles. The van der Waals surface area contributed by atoms with Gasteiger partial charge in [0.2, 0.25) is 0 Å². The van der Waals surface area contributed by atoms with Crippen molar-refractivity contribution in [3.63, 3.8) is 0 Å². The molecule has 0 radical (unpaired) electrons. The molecule has 0 saturated carbocycles. The Balaban J connectivity index is 1.85. The molecule has 0 bridgehead atoms. The van der Waals surface area contributed by atoms with Crippen LogP contribution in [0.1, 0.15) is 21.6 Å². The molecule has 0 spiro atoms. The Labute approximate surface area is 143 Å². The molecule has 3 aromatic rings. The summed E-state index contributed by atoms with van der Waals surface area (Å²) in [6, 6.07) is 18.6. The fourth-order valence-corrected chi connectivity index (χ4v) is 3.08. The molecule has 0 saturated heterocycles. The number of rotatable bonds is 1. The maximum absolute atomic E-state index is 12.6. The van der Waals surface area contributed by atoms with Crippen molar-refractivity contribution in [3.8, 4) is 17.3 Å². The number of ketones is 1. The van der Waals surface area contributed by atoms with E-state index in [0.29, 0.717) is 21.9 Å². The van der Waals surface area contributed by atoms with Crippen molar-refractivity contribution in [1.82, 2.24) is 9.78 Å². The molecule has 0 fully saturated rings. The van der Waals surface area contributed by atoms with Gasteiger partial charge >= 0.3 is 0 Å². The van der Waals surface area contributed by atoms with Crippen molar-refractivity contribution in [2.75, 3.05) is 5.32 Å². The van der Waals surface area contributed by atoms with Crippen LogP contribution >= 0.6 is 12.2 Å². The molecular formula is C18H10N4OS. The molecule has 0 aliphatic heterocycles. The first-order valence-electron chi connectivity index (χ1n) is 7.24. The lowest BCUT2D eigenvalue weighted by Crippen LogP contribution is -2.21. The number of nitrogens with one attached hydrogen (secondary N) is 1. The number of fused-ring (bicyclic) bond motifs is 3. The Morgan fingerprint density at radius 1 is 1.08 bits per heavy atom. The van der Waals surface area contributed by atoms with Crippen molar-refractivity contribution in [3.05, 3.63) is 71.4 Å². The van der Waals surface area contributed by atoms with Gasteiger partial charge in [-0.2, -0.15) is 10.4 Å². The highest BCUT2D eigenvalue weighted by Gasteiger charge is 2.35. The zero-order valence-electron chi connectivity index (χ0n) is 12.4. The number of anilines is 1. The molecular weight excluding hydrogens is 320 g/mol. The van der Waals surface area contributed by atoms with Crippen LogP contribution in [-0.4, -0.2) is 20.7 Å². The summed E-state index contributed by atoms with van der Waals surface area (Å²) >= 11 is 5.44. The second-order valence-electron chi connectivity index (χ2n) is 5.27. The molecule has 1 aliphatic carbocycles. The van der Waals surface area contributed by atoms with E-state index in [2.05, 4.69) is 10.4 Å². The molecule has 1 N–H and O–H groups in total. The van der Waals surface area contributed by atoms with E-state index in [4.69, 9.17) is 12.2 Å². The van der Waals surface area contributed by atoms with Crippen LogP contribution in [0.5, 0.6) is 0 Å². The summed E-state index contributed by atoms with van der Waals surface area (Å²) in [4.78, 5) is 12.6. The second-order valence-corrected chi connectivity index (χ2v) is 5.65. The van der Waals surface area contributed by atoms with Gasteiger partial charge in [-0.1, -0.05) is 42.5 Å². The highest BCUT2D eigenvalue weighted by Crippen LogP contribution is 2.38. The van der Waals surface area contributed by atoms with Crippen molar-refractivity contribution in [2.24, 2.45) is 0 Å². The van der Waals surface area contributed by atoms with Gasteiger partial charge in [0.1, 0.15) is 6.07 Å². The smallest absolute Gasteiger partial charge is 0.199 e. The van der Waals surface area contributed by atoms with Gasteiger partial charge in [0, 0.05) is 16.8 Å². The van der Waals surface area contributed by atoms with Crippen molar-refractivity contribution < 1.29 is 4.79 Å². The first-order chi connectivity index (χ1) is 11.7. The van der Waals surface area contributed by atoms with Gasteiger partial charge in [-0.05, 0) is 24.4 Å². The number of nitrogens with zero attached hydrogens (tertiary/aromatic N) is 3. The quantitative estimate of drug-likeness (QED) is 0.543. The molecule has 1 heterocycles. The minimum atomic E-state index is -0.189. The van der Waals surface area contributed by atoms with Crippen LogP contribution in [0, 0.1) is 11.3 Å². The molecule has 5 nitrogen and oxygen atoms in total. The van der Waals surface area contributed by atoms with E-state index in [-0.39, 0.29) is 11.5 Å². The summed E-state index contributed by atoms with van der Waals surface area (Å²) in [6.07, 6.45) is 0. The first-order valence-corrected chi connectivity index (χ1v) is 7.65. The molecule has 0 amide bonds. The number of hydrogen-bond donors (Lipinski definition) is 1. The topological polar surface area (TPSA) is 70.7 Å². The Kier molecular flexibility index (Phi) is 3.22. The fraction of sp³-hybridized carbons (Fsp3) is 0. The minimum Gasteiger partial charge on any atom is -0.331 e. The van der Waals surface area contributed by atoms with E-state index < -0.39 is 0 Å². The summed E-state index contributed by atoms with van der Waals surface area (Å²) in [7, 11) is 0. The summed E-state index contributed by atoms with van der Waals surface area (Å²) in [6.45, 7) is 0. The van der Waals surface area contributed by atoms with E-state index in [1.807, 2.05) is 48.5 Å². The summed E-state index contributed by atoms with van der Waals surface area (Å²) in [5.74, 6) is -0.189. The lowest BCUT2D eigenvalue weighted by Gasteiger charge is -2.10. The number of thiocarbonyl (C=S) groups is 1. The third kappa shape index (κ3) is 2.03. The van der Waals surface area contributed by atoms with E-state index in [1.165, 1.54) is 4.68 Å². The summed E-state index contributed by atoms with van der Waals surface area (Å²) < 4.78 is 1.46. The standard InChI is InChI=1S/C18H10N4OS/c19-10-14-15-16(12-8-4-5-9-13(12)17(15)23)22(21-14)18(24)20-11-6-2-1-3-7-11/h1-9H,(H,20,24). The molecule has 0 unspecified atom stereocenters. The maximum atomic E-state index is 12.6. The van der Waals surface area contributed by atoms with Crippen LogP contribution in [0.15, 0.2) is 54.6 Å². The van der Waals surface area contributed by atoms with Gasteiger partial charge in [0.15, 0.2) is 16.6 Å². The maximum Gasteiger partial charge on any atom is 0.199 e. The van der Waals surface area contributed by atoms with Crippen LogP contribution in [0.4, 0.5) is 5.69 Å². The Morgan fingerprint density at radius 3 is 2.46 bits per heavy atom. The highest BCUT2D eigenvalue weighted by atomic mass is 32.1. The highest BCUT2D eigenvalue weighted by molar-refractivity contribution is 7.80. The Bertz CT molecular complexity index is 1030. The van der Waals surface area contributed by atoms with Gasteiger partial charge in [-0.3, -0.25) is 4.79 Å². The monoisotopic (exact) mass is 330 g/mol. The summed E-state index contributed by atoms with van der Waals surface area (Å²) in [5, 5.41) is 17.0. The van der Waals surface area contributed by atoms with Gasteiger partial charge in [0.05, 0.1) is 11.3 Å². The van der Waals surface area contributed by atoms with Crippen LogP contribution in [0.25, 0.3) is 11.3 Å². The SMILES string of the molecule is N#Cc1nn(C(=S)Nc2ccccc2)c2c1C(=O)c1ccccc1-2. The van der Waals surface area contributed by atoms with Gasteiger partial charge in [0.25, 0.3) is 0 Å². The summed E-state index contributed by atoms with van der Waals surface area (Å²) in [5.41, 5.74) is 3.09. The molecule has 6 heteroatoms. The minimum absolute atomic E-state index is 0.0865. The molecule has 114 valence electrons. The van der Waals surface area contributed by atoms with Crippen molar-refractivity contribution in [1.29, 1.82) is 5.26 Å². The average molecular weight is 330 g/mol. The number of benzene rings is 2. The zero-order valence-corrected chi connectivity index (χ0v) is 13.2. The molecule has 2 aromatic carbocycles. The third-order valence-corrected chi connectivity index (χ3v) is 4.14. The lowest BCUT2D eigenvalue weighted by molar-refractivity contribution is 0.104. The van der Waals surface area contributed by atoms with Gasteiger partial charge < -0.3 is 5.32 Å². The predicted molar refractivity (Wildman–Crippen MR) is 93.9 cm³/mol. The normalized spacial score (nSPS) is 11.5. The van der Waals surface area contributed by atoms with Crippen LogP contribution in [-0.2, 0) is 0 Å². The number of carbonyl (C=O) groups excluding carboxylic acids is 1. The number of hydrogen-bond acceptors (Lipinski definition) is 4. The van der Waals surface area contributed by atoms with Crippen LogP contribution in [0.3, 0.4) is 0 Å². The van der Waals surface area contributed by atoms with E-state index in [9.17, 15) is 10.1 Å². The Hall–Kier alpha value is -3.30. The largest absolute Gasteiger partial charge is 0.331 e. The average Bonchev–Trinajstić information content (AvgIpc) is 3.13. The van der Waals surface area contributed by atoms with Crippen molar-refractivity contribution >= 4 is 28.8 Å². The molecule has 0 atom stereocenters. The number of para-hydroxylation sites is 1. The van der Waals surface area contributed by atoms with Gasteiger partial charge in [-0.15, -0.1) is 0 Å². The second kappa shape index (κ2) is 5.41. The fourth-order valence-electron chi connectivity index (χ4n) is 2.83. The predicted octanol–water partition coefficient (Wildman–Crippen LogP) is 3.21. The van der Waals surface area contributed by atoms with E-state index in [1.54, 1.807) is 12.1 Å². The number of aromatic nitrogens is 2. The Morgan fingerprint density at radius 2 is 1.75 bits per heavy atom. The first kappa shape index (κ1) is 14.3. The van der Waals surface area contributed by atoms with E-state index in [0.717, 1.165) is 11.3 Å². The third-order valence-electron chi connectivity index (χ3n) is 3.86. The number of carbonyl (C=O) groups is 1. The molecule has 1 aliphatic rings. The van der Waals surface area contributed by atoms with Crippen LogP contribution in [0.2, 0.25) is 0 Å². The molecule has 24 heavy (non-hydrogen) atoms. The number of nitriles is 1.